The standard InChI is InChI=1S/C12H10ClFN2O2/c1-6(13)10-15-11(17)9(12(18)16-10)7-3-2-4-8(14)5-7/h2-6,9H,1H3,(H,15,16,17,18). The van der Waals surface area contributed by atoms with Gasteiger partial charge in [-0.05, 0) is 24.6 Å². The van der Waals surface area contributed by atoms with Crippen molar-refractivity contribution in [2.75, 3.05) is 0 Å². The normalized spacial score (nSPS) is 21.3. The lowest BCUT2D eigenvalue weighted by molar-refractivity contribution is -0.129. The maximum atomic E-state index is 13.1. The first-order valence-electron chi connectivity index (χ1n) is 5.32. The van der Waals surface area contributed by atoms with Crippen LogP contribution < -0.4 is 5.32 Å². The van der Waals surface area contributed by atoms with Crippen LogP contribution in [0.3, 0.4) is 0 Å². The number of halogens is 2. The van der Waals surface area contributed by atoms with Crippen molar-refractivity contribution in [3.63, 3.8) is 0 Å². The van der Waals surface area contributed by atoms with E-state index in [1.807, 2.05) is 0 Å². The molecule has 2 amide bonds. The lowest BCUT2D eigenvalue weighted by Gasteiger charge is -2.21. The van der Waals surface area contributed by atoms with Gasteiger partial charge in [0.15, 0.2) is 0 Å². The van der Waals surface area contributed by atoms with E-state index in [4.69, 9.17) is 11.6 Å². The van der Waals surface area contributed by atoms with E-state index in [9.17, 15) is 14.0 Å². The first kappa shape index (κ1) is 12.7. The van der Waals surface area contributed by atoms with Crippen molar-refractivity contribution >= 4 is 29.3 Å². The van der Waals surface area contributed by atoms with Crippen LogP contribution in [-0.2, 0) is 9.59 Å². The van der Waals surface area contributed by atoms with Gasteiger partial charge in [0.1, 0.15) is 17.6 Å². The highest BCUT2D eigenvalue weighted by Crippen LogP contribution is 2.21. The van der Waals surface area contributed by atoms with Crippen LogP contribution in [0.5, 0.6) is 0 Å². The third-order valence-electron chi connectivity index (χ3n) is 2.55. The third kappa shape index (κ3) is 2.41. The second kappa shape index (κ2) is 4.86. The molecule has 1 N–H and O–H groups in total. The molecule has 2 atom stereocenters. The van der Waals surface area contributed by atoms with Crippen molar-refractivity contribution in [2.45, 2.75) is 18.2 Å². The summed E-state index contributed by atoms with van der Waals surface area (Å²) in [6, 6.07) is 5.33. The summed E-state index contributed by atoms with van der Waals surface area (Å²) in [5.74, 6) is -2.66. The van der Waals surface area contributed by atoms with Crippen molar-refractivity contribution in [1.29, 1.82) is 0 Å². The minimum Gasteiger partial charge on any atom is -0.312 e. The Bertz CT molecular complexity index is 543. The van der Waals surface area contributed by atoms with Gasteiger partial charge in [-0.25, -0.2) is 4.39 Å². The Hall–Kier alpha value is -1.75. The van der Waals surface area contributed by atoms with E-state index >= 15 is 0 Å². The molecule has 0 saturated heterocycles. The fourth-order valence-corrected chi connectivity index (χ4v) is 1.79. The fourth-order valence-electron chi connectivity index (χ4n) is 1.69. The van der Waals surface area contributed by atoms with Crippen LogP contribution in [0, 0.1) is 5.82 Å². The minimum absolute atomic E-state index is 0.124. The second-order valence-electron chi connectivity index (χ2n) is 3.93. The number of hydrogen-bond donors (Lipinski definition) is 1. The average Bonchev–Trinajstić information content (AvgIpc) is 2.27. The van der Waals surface area contributed by atoms with Gasteiger partial charge in [0, 0.05) is 0 Å². The van der Waals surface area contributed by atoms with Crippen LogP contribution in [0.2, 0.25) is 0 Å². The molecular weight excluding hydrogens is 259 g/mol. The monoisotopic (exact) mass is 268 g/mol. The van der Waals surface area contributed by atoms with E-state index in [-0.39, 0.29) is 11.4 Å². The van der Waals surface area contributed by atoms with Crippen LogP contribution in [0.25, 0.3) is 0 Å². The zero-order valence-corrected chi connectivity index (χ0v) is 10.2. The van der Waals surface area contributed by atoms with Crippen LogP contribution in [0.1, 0.15) is 18.4 Å². The lowest BCUT2D eigenvalue weighted by atomic mass is 9.96. The summed E-state index contributed by atoms with van der Waals surface area (Å²) in [6.45, 7) is 1.59. The maximum absolute atomic E-state index is 13.1. The van der Waals surface area contributed by atoms with E-state index in [1.165, 1.54) is 18.2 Å². The molecule has 0 spiro atoms. The Morgan fingerprint density at radius 2 is 2.17 bits per heavy atom. The highest BCUT2D eigenvalue weighted by Gasteiger charge is 2.34. The first-order valence-corrected chi connectivity index (χ1v) is 5.75. The summed E-state index contributed by atoms with van der Waals surface area (Å²) in [6.07, 6.45) is 0. The fraction of sp³-hybridized carbons (Fsp3) is 0.250. The minimum atomic E-state index is -1.11. The third-order valence-corrected chi connectivity index (χ3v) is 2.76. The van der Waals surface area contributed by atoms with Gasteiger partial charge in [-0.2, -0.15) is 4.99 Å². The van der Waals surface area contributed by atoms with Crippen LogP contribution in [0.4, 0.5) is 4.39 Å². The molecule has 18 heavy (non-hydrogen) atoms. The molecule has 94 valence electrons. The SMILES string of the molecule is CC(Cl)C1=NC(=O)C(c2cccc(F)c2)C(=O)N1. The van der Waals surface area contributed by atoms with E-state index in [0.717, 1.165) is 6.07 Å². The zero-order chi connectivity index (χ0) is 13.3. The molecule has 1 aliphatic heterocycles. The van der Waals surface area contributed by atoms with E-state index in [0.29, 0.717) is 0 Å². The van der Waals surface area contributed by atoms with E-state index < -0.39 is 28.9 Å². The molecule has 0 bridgehead atoms. The van der Waals surface area contributed by atoms with Crippen molar-refractivity contribution in [3.05, 3.63) is 35.6 Å². The molecule has 0 aliphatic carbocycles. The summed E-state index contributed by atoms with van der Waals surface area (Å²) in [7, 11) is 0. The molecule has 2 rings (SSSR count). The van der Waals surface area contributed by atoms with Gasteiger partial charge in [-0.3, -0.25) is 9.59 Å². The summed E-state index contributed by atoms with van der Waals surface area (Å²) in [5, 5.41) is 1.89. The van der Waals surface area contributed by atoms with Crippen molar-refractivity contribution < 1.29 is 14.0 Å². The Morgan fingerprint density at radius 3 is 2.72 bits per heavy atom. The maximum Gasteiger partial charge on any atom is 0.264 e. The number of amides is 2. The average molecular weight is 269 g/mol. The number of hydrogen-bond acceptors (Lipinski definition) is 2. The van der Waals surface area contributed by atoms with Gasteiger partial charge in [-0.15, -0.1) is 11.6 Å². The number of amidine groups is 1. The highest BCUT2D eigenvalue weighted by molar-refractivity contribution is 6.35. The Morgan fingerprint density at radius 1 is 1.44 bits per heavy atom. The first-order chi connectivity index (χ1) is 8.49. The molecule has 2 unspecified atom stereocenters. The van der Waals surface area contributed by atoms with Crippen molar-refractivity contribution in [3.8, 4) is 0 Å². The molecule has 4 nitrogen and oxygen atoms in total. The number of carbonyl (C=O) groups is 2. The molecular formula is C12H10ClFN2O2. The molecule has 0 fully saturated rings. The highest BCUT2D eigenvalue weighted by atomic mass is 35.5. The predicted octanol–water partition coefficient (Wildman–Crippen LogP) is 1.59. The molecule has 0 saturated carbocycles. The number of alkyl halides is 1. The number of aliphatic imine (C=N–C) groups is 1. The predicted molar refractivity (Wildman–Crippen MR) is 65.0 cm³/mol. The molecule has 1 aliphatic rings. The zero-order valence-electron chi connectivity index (χ0n) is 9.48. The smallest absolute Gasteiger partial charge is 0.264 e. The quantitative estimate of drug-likeness (QED) is 0.654. The van der Waals surface area contributed by atoms with E-state index in [2.05, 4.69) is 10.3 Å². The summed E-state index contributed by atoms with van der Waals surface area (Å²) < 4.78 is 13.1. The number of nitrogens with one attached hydrogen (secondary N) is 1. The lowest BCUT2D eigenvalue weighted by Crippen LogP contribution is -2.45. The number of benzene rings is 1. The van der Waals surface area contributed by atoms with Crippen LogP contribution in [-0.4, -0.2) is 23.0 Å². The van der Waals surface area contributed by atoms with Crippen molar-refractivity contribution in [2.24, 2.45) is 4.99 Å². The molecule has 0 aromatic heterocycles. The van der Waals surface area contributed by atoms with Gasteiger partial charge >= 0.3 is 0 Å². The Kier molecular flexibility index (Phi) is 3.43. The van der Waals surface area contributed by atoms with Gasteiger partial charge in [0.2, 0.25) is 5.91 Å². The van der Waals surface area contributed by atoms with Gasteiger partial charge in [0.25, 0.3) is 5.91 Å². The summed E-state index contributed by atoms with van der Waals surface area (Å²) in [5.41, 5.74) is 0.280. The van der Waals surface area contributed by atoms with Crippen LogP contribution >= 0.6 is 11.6 Å². The summed E-state index contributed by atoms with van der Waals surface area (Å²) >= 11 is 5.75. The second-order valence-corrected chi connectivity index (χ2v) is 4.58. The van der Waals surface area contributed by atoms with Crippen molar-refractivity contribution in [1.82, 2.24) is 5.32 Å². The molecule has 0 radical (unpaired) electrons. The molecule has 6 heteroatoms. The summed E-state index contributed by atoms with van der Waals surface area (Å²) in [4.78, 5) is 27.4. The number of carbonyl (C=O) groups excluding carboxylic acids is 2. The molecule has 1 heterocycles. The topological polar surface area (TPSA) is 58.5 Å². The Labute approximate surface area is 108 Å². The van der Waals surface area contributed by atoms with Gasteiger partial charge < -0.3 is 5.32 Å². The van der Waals surface area contributed by atoms with E-state index in [1.54, 1.807) is 6.92 Å². The largest absolute Gasteiger partial charge is 0.312 e. The van der Waals surface area contributed by atoms with Gasteiger partial charge in [0.05, 0.1) is 5.38 Å². The Balaban J connectivity index is 2.36. The molecule has 1 aromatic carbocycles. The van der Waals surface area contributed by atoms with Gasteiger partial charge in [-0.1, -0.05) is 12.1 Å². The molecule has 1 aromatic rings. The number of rotatable bonds is 2. The van der Waals surface area contributed by atoms with Crippen LogP contribution in [0.15, 0.2) is 29.3 Å². The number of nitrogens with zero attached hydrogens (tertiary/aromatic N) is 1.